The SMILES string of the molecule is CC(CN)CNC(=O)C1CC(=O)N(Cc2ccccc2)C1. The summed E-state index contributed by atoms with van der Waals surface area (Å²) in [7, 11) is 0. The first-order chi connectivity index (χ1) is 10.1. The van der Waals surface area contributed by atoms with Crippen LogP contribution in [0.5, 0.6) is 0 Å². The second kappa shape index (κ2) is 7.22. The number of nitrogens with zero attached hydrogens (tertiary/aromatic N) is 1. The summed E-state index contributed by atoms with van der Waals surface area (Å²) in [6.07, 6.45) is 0.301. The van der Waals surface area contributed by atoms with E-state index in [1.165, 1.54) is 0 Å². The van der Waals surface area contributed by atoms with Crippen molar-refractivity contribution < 1.29 is 9.59 Å². The molecular formula is C16H23N3O2. The Morgan fingerprint density at radius 1 is 1.43 bits per heavy atom. The molecule has 1 aromatic rings. The molecular weight excluding hydrogens is 266 g/mol. The molecule has 3 N–H and O–H groups in total. The molecule has 1 aliphatic heterocycles. The maximum atomic E-state index is 12.1. The minimum atomic E-state index is -0.244. The van der Waals surface area contributed by atoms with Crippen molar-refractivity contribution in [2.75, 3.05) is 19.6 Å². The van der Waals surface area contributed by atoms with Crippen molar-refractivity contribution in [1.82, 2.24) is 10.2 Å². The number of hydrogen-bond donors (Lipinski definition) is 2. The van der Waals surface area contributed by atoms with E-state index in [0.717, 1.165) is 5.56 Å². The first-order valence-corrected chi connectivity index (χ1v) is 7.39. The minimum Gasteiger partial charge on any atom is -0.355 e. The van der Waals surface area contributed by atoms with Gasteiger partial charge in [0.1, 0.15) is 0 Å². The number of rotatable bonds is 6. The van der Waals surface area contributed by atoms with E-state index < -0.39 is 0 Å². The Hall–Kier alpha value is -1.88. The Kier molecular flexibility index (Phi) is 5.33. The van der Waals surface area contributed by atoms with Gasteiger partial charge in [0.15, 0.2) is 0 Å². The average Bonchev–Trinajstić information content (AvgIpc) is 2.86. The summed E-state index contributed by atoms with van der Waals surface area (Å²) in [5.74, 6) is 0.0164. The van der Waals surface area contributed by atoms with Gasteiger partial charge in [-0.3, -0.25) is 9.59 Å². The summed E-state index contributed by atoms with van der Waals surface area (Å²) < 4.78 is 0. The van der Waals surface area contributed by atoms with E-state index in [2.05, 4.69) is 5.32 Å². The van der Waals surface area contributed by atoms with Gasteiger partial charge in [-0.05, 0) is 18.0 Å². The van der Waals surface area contributed by atoms with Crippen molar-refractivity contribution in [3.8, 4) is 0 Å². The van der Waals surface area contributed by atoms with Crippen LogP contribution in [0, 0.1) is 11.8 Å². The van der Waals surface area contributed by atoms with Crippen LogP contribution < -0.4 is 11.1 Å². The highest BCUT2D eigenvalue weighted by molar-refractivity contribution is 5.89. The van der Waals surface area contributed by atoms with Crippen LogP contribution >= 0.6 is 0 Å². The molecule has 0 aromatic heterocycles. The second-order valence-corrected chi connectivity index (χ2v) is 5.75. The molecule has 1 heterocycles. The first kappa shape index (κ1) is 15.5. The first-order valence-electron chi connectivity index (χ1n) is 7.39. The Balaban J connectivity index is 1.86. The lowest BCUT2D eigenvalue weighted by atomic mass is 10.1. The number of amides is 2. The molecule has 2 atom stereocenters. The minimum absolute atomic E-state index is 0.0424. The highest BCUT2D eigenvalue weighted by atomic mass is 16.2. The highest BCUT2D eigenvalue weighted by Gasteiger charge is 2.34. The molecule has 2 amide bonds. The molecule has 21 heavy (non-hydrogen) atoms. The molecule has 1 saturated heterocycles. The largest absolute Gasteiger partial charge is 0.355 e. The predicted octanol–water partition coefficient (Wildman–Crippen LogP) is 0.746. The standard InChI is InChI=1S/C16H23N3O2/c1-12(8-17)9-18-16(21)14-7-15(20)19(11-14)10-13-5-3-2-4-6-13/h2-6,12,14H,7-11,17H2,1H3,(H,18,21). The lowest BCUT2D eigenvalue weighted by Gasteiger charge is -2.17. The van der Waals surface area contributed by atoms with Gasteiger partial charge in [0.05, 0.1) is 5.92 Å². The number of benzene rings is 1. The fraction of sp³-hybridized carbons (Fsp3) is 0.500. The Bertz CT molecular complexity index is 490. The van der Waals surface area contributed by atoms with Crippen molar-refractivity contribution in [1.29, 1.82) is 0 Å². The molecule has 2 rings (SSSR count). The van der Waals surface area contributed by atoms with E-state index in [9.17, 15) is 9.59 Å². The van der Waals surface area contributed by atoms with Crippen LogP contribution in [0.3, 0.4) is 0 Å². The van der Waals surface area contributed by atoms with Crippen LogP contribution in [0.1, 0.15) is 18.9 Å². The maximum absolute atomic E-state index is 12.1. The maximum Gasteiger partial charge on any atom is 0.225 e. The molecule has 0 bridgehead atoms. The number of nitrogens with two attached hydrogens (primary N) is 1. The van der Waals surface area contributed by atoms with Gasteiger partial charge in [-0.1, -0.05) is 37.3 Å². The molecule has 1 aromatic carbocycles. The van der Waals surface area contributed by atoms with E-state index in [1.54, 1.807) is 4.90 Å². The van der Waals surface area contributed by atoms with Gasteiger partial charge in [0.25, 0.3) is 0 Å². The lowest BCUT2D eigenvalue weighted by molar-refractivity contribution is -0.129. The molecule has 1 fully saturated rings. The van der Waals surface area contributed by atoms with Crippen LogP contribution in [-0.4, -0.2) is 36.3 Å². The molecule has 0 spiro atoms. The van der Waals surface area contributed by atoms with Gasteiger partial charge in [0.2, 0.25) is 11.8 Å². The quantitative estimate of drug-likeness (QED) is 0.811. The van der Waals surface area contributed by atoms with Crippen LogP contribution in [0.2, 0.25) is 0 Å². The molecule has 5 heteroatoms. The Morgan fingerprint density at radius 3 is 2.81 bits per heavy atom. The zero-order valence-electron chi connectivity index (χ0n) is 12.4. The van der Waals surface area contributed by atoms with Gasteiger partial charge in [-0.15, -0.1) is 0 Å². The molecule has 5 nitrogen and oxygen atoms in total. The Morgan fingerprint density at radius 2 is 2.14 bits per heavy atom. The second-order valence-electron chi connectivity index (χ2n) is 5.75. The van der Waals surface area contributed by atoms with Crippen molar-refractivity contribution in [2.45, 2.75) is 19.9 Å². The molecule has 2 unspecified atom stereocenters. The summed E-state index contributed by atoms with van der Waals surface area (Å²) in [6.45, 7) is 4.17. The fourth-order valence-corrected chi connectivity index (χ4v) is 2.41. The Labute approximate surface area is 125 Å². The van der Waals surface area contributed by atoms with Gasteiger partial charge in [-0.25, -0.2) is 0 Å². The molecule has 0 saturated carbocycles. The number of carbonyl (C=O) groups is 2. The van der Waals surface area contributed by atoms with Crippen LogP contribution in [0.4, 0.5) is 0 Å². The predicted molar refractivity (Wildman–Crippen MR) is 81.2 cm³/mol. The molecule has 0 radical (unpaired) electrons. The fourth-order valence-electron chi connectivity index (χ4n) is 2.41. The van der Waals surface area contributed by atoms with Gasteiger partial charge in [0, 0.05) is 26.1 Å². The smallest absolute Gasteiger partial charge is 0.225 e. The summed E-state index contributed by atoms with van der Waals surface area (Å²) in [6, 6.07) is 9.83. The number of hydrogen-bond acceptors (Lipinski definition) is 3. The molecule has 0 aliphatic carbocycles. The topological polar surface area (TPSA) is 75.4 Å². The molecule has 1 aliphatic rings. The van der Waals surface area contributed by atoms with E-state index in [4.69, 9.17) is 5.73 Å². The average molecular weight is 289 g/mol. The van der Waals surface area contributed by atoms with Crippen LogP contribution in [0.15, 0.2) is 30.3 Å². The third-order valence-corrected chi connectivity index (χ3v) is 3.83. The number of carbonyl (C=O) groups excluding carboxylic acids is 2. The van der Waals surface area contributed by atoms with Gasteiger partial charge < -0.3 is 16.0 Å². The molecule has 114 valence electrons. The van der Waals surface area contributed by atoms with E-state index in [0.29, 0.717) is 32.6 Å². The summed E-state index contributed by atoms with van der Waals surface area (Å²) in [5.41, 5.74) is 6.61. The number of likely N-dealkylation sites (tertiary alicyclic amines) is 1. The summed E-state index contributed by atoms with van der Waals surface area (Å²) in [5, 5.41) is 2.88. The normalized spacial score (nSPS) is 19.6. The van der Waals surface area contributed by atoms with E-state index in [1.807, 2.05) is 37.3 Å². The monoisotopic (exact) mass is 289 g/mol. The summed E-state index contributed by atoms with van der Waals surface area (Å²) >= 11 is 0. The van der Waals surface area contributed by atoms with Crippen molar-refractivity contribution in [3.63, 3.8) is 0 Å². The third kappa shape index (κ3) is 4.29. The zero-order chi connectivity index (χ0) is 15.2. The van der Waals surface area contributed by atoms with Crippen molar-refractivity contribution >= 4 is 11.8 Å². The highest BCUT2D eigenvalue weighted by Crippen LogP contribution is 2.20. The zero-order valence-corrected chi connectivity index (χ0v) is 12.4. The van der Waals surface area contributed by atoms with Crippen molar-refractivity contribution in [3.05, 3.63) is 35.9 Å². The third-order valence-electron chi connectivity index (χ3n) is 3.83. The lowest BCUT2D eigenvalue weighted by Crippen LogP contribution is -2.36. The van der Waals surface area contributed by atoms with Crippen LogP contribution in [0.25, 0.3) is 0 Å². The van der Waals surface area contributed by atoms with Crippen LogP contribution in [-0.2, 0) is 16.1 Å². The number of nitrogens with one attached hydrogen (secondary N) is 1. The van der Waals surface area contributed by atoms with Crippen molar-refractivity contribution in [2.24, 2.45) is 17.6 Å². The van der Waals surface area contributed by atoms with E-state index in [-0.39, 0.29) is 23.7 Å². The summed E-state index contributed by atoms with van der Waals surface area (Å²) in [4.78, 5) is 25.8. The van der Waals surface area contributed by atoms with E-state index >= 15 is 0 Å². The van der Waals surface area contributed by atoms with Gasteiger partial charge >= 0.3 is 0 Å². The van der Waals surface area contributed by atoms with Gasteiger partial charge in [-0.2, -0.15) is 0 Å².